The molecular formula is C20H23F3N2O. The molecule has 1 aromatic heterocycles. The van der Waals surface area contributed by atoms with E-state index in [1.54, 1.807) is 13.8 Å². The van der Waals surface area contributed by atoms with Gasteiger partial charge in [0.15, 0.2) is 0 Å². The minimum Gasteiger partial charge on any atom is -0.330 e. The first-order chi connectivity index (χ1) is 12.2. The molecule has 1 fully saturated rings. The Morgan fingerprint density at radius 2 is 1.92 bits per heavy atom. The predicted octanol–water partition coefficient (Wildman–Crippen LogP) is 4.58. The number of fused-ring (bicyclic) bond motifs is 1. The van der Waals surface area contributed by atoms with Crippen molar-refractivity contribution in [1.82, 2.24) is 9.88 Å². The first-order valence-corrected chi connectivity index (χ1v) is 8.88. The van der Waals surface area contributed by atoms with Crippen molar-refractivity contribution in [2.75, 3.05) is 6.54 Å². The highest BCUT2D eigenvalue weighted by molar-refractivity contribution is 5.86. The zero-order valence-electron chi connectivity index (χ0n) is 15.2. The van der Waals surface area contributed by atoms with E-state index in [1.807, 2.05) is 31.2 Å². The fraction of sp³-hybridized carbons (Fsp3) is 0.500. The van der Waals surface area contributed by atoms with Crippen molar-refractivity contribution in [1.29, 1.82) is 0 Å². The molecule has 6 heteroatoms. The molecule has 1 amide bonds. The molecule has 3 nitrogen and oxygen atoms in total. The van der Waals surface area contributed by atoms with Crippen LogP contribution in [0.25, 0.3) is 10.9 Å². The minimum absolute atomic E-state index is 0.0529. The zero-order chi connectivity index (χ0) is 19.1. The van der Waals surface area contributed by atoms with Gasteiger partial charge in [0.2, 0.25) is 5.91 Å². The molecule has 0 radical (unpaired) electrons. The number of hydrogen-bond acceptors (Lipinski definition) is 2. The van der Waals surface area contributed by atoms with Gasteiger partial charge in [-0.2, -0.15) is 13.2 Å². The first kappa shape index (κ1) is 18.7. The van der Waals surface area contributed by atoms with Crippen LogP contribution < -0.4 is 0 Å². The fourth-order valence-electron chi connectivity index (χ4n) is 3.57. The summed E-state index contributed by atoms with van der Waals surface area (Å²) in [6.45, 7) is 4.24. The number of halogens is 3. The normalized spacial score (nSPS) is 15.9. The molecule has 1 aromatic carbocycles. The van der Waals surface area contributed by atoms with Gasteiger partial charge in [0.1, 0.15) is 6.54 Å². The van der Waals surface area contributed by atoms with Crippen LogP contribution in [0.1, 0.15) is 36.6 Å². The van der Waals surface area contributed by atoms with Gasteiger partial charge in [0.05, 0.1) is 11.9 Å². The van der Waals surface area contributed by atoms with E-state index >= 15 is 0 Å². The lowest BCUT2D eigenvalue weighted by atomic mass is 9.98. The largest absolute Gasteiger partial charge is 0.406 e. The molecule has 26 heavy (non-hydrogen) atoms. The molecule has 3 rings (SSSR count). The van der Waals surface area contributed by atoms with Gasteiger partial charge in [-0.25, -0.2) is 0 Å². The van der Waals surface area contributed by atoms with Crippen molar-refractivity contribution >= 4 is 16.8 Å². The van der Waals surface area contributed by atoms with Gasteiger partial charge >= 0.3 is 6.18 Å². The second kappa shape index (κ2) is 6.89. The van der Waals surface area contributed by atoms with E-state index in [9.17, 15) is 18.0 Å². The maximum Gasteiger partial charge on any atom is 0.406 e. The molecular weight excluding hydrogens is 341 g/mol. The molecule has 0 saturated heterocycles. The highest BCUT2D eigenvalue weighted by Crippen LogP contribution is 2.36. The maximum atomic E-state index is 13.0. The molecule has 0 unspecified atom stereocenters. The Kier molecular flexibility index (Phi) is 4.95. The summed E-state index contributed by atoms with van der Waals surface area (Å²) in [5.41, 5.74) is 3.16. The summed E-state index contributed by atoms with van der Waals surface area (Å²) in [5.74, 6) is -0.303. The highest BCUT2D eigenvalue weighted by Gasteiger charge is 2.40. The number of amides is 1. The van der Waals surface area contributed by atoms with Crippen LogP contribution >= 0.6 is 0 Å². The average Bonchev–Trinajstić information content (AvgIpc) is 3.40. The van der Waals surface area contributed by atoms with Crippen LogP contribution in [0, 0.1) is 19.8 Å². The van der Waals surface area contributed by atoms with E-state index in [4.69, 9.17) is 0 Å². The summed E-state index contributed by atoms with van der Waals surface area (Å²) in [4.78, 5) is 18.3. The third-order valence-corrected chi connectivity index (χ3v) is 5.28. The second-order valence-corrected chi connectivity index (χ2v) is 7.21. The summed E-state index contributed by atoms with van der Waals surface area (Å²) in [5, 5.41) is 0.929. The molecule has 1 atom stereocenters. The van der Waals surface area contributed by atoms with E-state index in [0.29, 0.717) is 5.69 Å². The number of nitrogens with zero attached hydrogens (tertiary/aromatic N) is 2. The van der Waals surface area contributed by atoms with Gasteiger partial charge in [-0.15, -0.1) is 0 Å². The summed E-state index contributed by atoms with van der Waals surface area (Å²) >= 11 is 0. The number of alkyl halides is 3. The number of carbonyl (C=O) groups is 1. The Hall–Kier alpha value is -2.11. The number of para-hydroxylation sites is 1. The molecule has 140 valence electrons. The van der Waals surface area contributed by atoms with Crippen LogP contribution in [-0.2, 0) is 11.2 Å². The average molecular weight is 364 g/mol. The molecule has 0 bridgehead atoms. The number of benzene rings is 1. The first-order valence-electron chi connectivity index (χ1n) is 8.88. The Morgan fingerprint density at radius 1 is 1.27 bits per heavy atom. The van der Waals surface area contributed by atoms with Gasteiger partial charge in [0.25, 0.3) is 0 Å². The quantitative estimate of drug-likeness (QED) is 0.778. The van der Waals surface area contributed by atoms with E-state index in [0.717, 1.165) is 39.8 Å². The van der Waals surface area contributed by atoms with E-state index in [1.165, 1.54) is 0 Å². The number of aromatic nitrogens is 1. The molecule has 1 aliphatic carbocycles. The van der Waals surface area contributed by atoms with Gasteiger partial charge in [-0.3, -0.25) is 9.78 Å². The van der Waals surface area contributed by atoms with Crippen LogP contribution in [-0.4, -0.2) is 34.6 Å². The molecule has 0 N–H and O–H groups in total. The third kappa shape index (κ3) is 4.00. The Bertz CT molecular complexity index is 828. The Labute approximate surface area is 151 Å². The standard InChI is InChI=1S/C20H23F3N2O/c1-12-16-6-4-5-7-18(16)24-13(2)17(12)10-19(26)25(11-20(21,22)23)14(3)15-8-9-15/h4-7,14-15H,8-11H2,1-3H3/t14-/m1/s1. The number of hydrogen-bond donors (Lipinski definition) is 0. The predicted molar refractivity (Wildman–Crippen MR) is 94.9 cm³/mol. The second-order valence-electron chi connectivity index (χ2n) is 7.21. The highest BCUT2D eigenvalue weighted by atomic mass is 19.4. The van der Waals surface area contributed by atoms with Gasteiger partial charge in [0, 0.05) is 17.1 Å². The number of rotatable bonds is 5. The lowest BCUT2D eigenvalue weighted by molar-refractivity contribution is -0.165. The summed E-state index contributed by atoms with van der Waals surface area (Å²) in [6, 6.07) is 7.21. The SMILES string of the molecule is Cc1nc2ccccc2c(C)c1CC(=O)N(CC(F)(F)F)[C@H](C)C1CC1. The monoisotopic (exact) mass is 364 g/mol. The van der Waals surface area contributed by atoms with Crippen LogP contribution in [0.3, 0.4) is 0 Å². The van der Waals surface area contributed by atoms with Crippen molar-refractivity contribution in [2.24, 2.45) is 5.92 Å². The lowest BCUT2D eigenvalue weighted by Gasteiger charge is -2.30. The van der Waals surface area contributed by atoms with Crippen molar-refractivity contribution in [3.8, 4) is 0 Å². The van der Waals surface area contributed by atoms with Crippen LogP contribution in [0.15, 0.2) is 24.3 Å². The van der Waals surface area contributed by atoms with Crippen LogP contribution in [0.4, 0.5) is 13.2 Å². The van der Waals surface area contributed by atoms with Crippen molar-refractivity contribution in [3.05, 3.63) is 41.1 Å². The number of pyridine rings is 1. The lowest BCUT2D eigenvalue weighted by Crippen LogP contribution is -2.46. The molecule has 0 spiro atoms. The van der Waals surface area contributed by atoms with Gasteiger partial charge in [-0.1, -0.05) is 18.2 Å². The molecule has 1 saturated carbocycles. The van der Waals surface area contributed by atoms with E-state index in [2.05, 4.69) is 4.98 Å². The Morgan fingerprint density at radius 3 is 2.54 bits per heavy atom. The maximum absolute atomic E-state index is 13.0. The minimum atomic E-state index is -4.40. The molecule has 1 heterocycles. The summed E-state index contributed by atoms with van der Waals surface area (Å²) in [6.07, 6.45) is -2.68. The van der Waals surface area contributed by atoms with Gasteiger partial charge in [-0.05, 0) is 56.7 Å². The van der Waals surface area contributed by atoms with Crippen LogP contribution in [0.2, 0.25) is 0 Å². The molecule has 1 aliphatic rings. The topological polar surface area (TPSA) is 33.2 Å². The molecule has 0 aliphatic heterocycles. The zero-order valence-corrected chi connectivity index (χ0v) is 15.2. The number of aryl methyl sites for hydroxylation is 2. The number of carbonyl (C=O) groups excluding carboxylic acids is 1. The smallest absolute Gasteiger partial charge is 0.330 e. The van der Waals surface area contributed by atoms with Crippen molar-refractivity contribution in [2.45, 2.75) is 52.3 Å². The van der Waals surface area contributed by atoms with E-state index in [-0.39, 0.29) is 12.3 Å². The van der Waals surface area contributed by atoms with Gasteiger partial charge < -0.3 is 4.90 Å². The third-order valence-electron chi connectivity index (χ3n) is 5.28. The Balaban J connectivity index is 1.90. The summed E-state index contributed by atoms with van der Waals surface area (Å²) < 4.78 is 39.0. The molecule has 2 aromatic rings. The van der Waals surface area contributed by atoms with Crippen molar-refractivity contribution < 1.29 is 18.0 Å². The summed E-state index contributed by atoms with van der Waals surface area (Å²) in [7, 11) is 0. The van der Waals surface area contributed by atoms with E-state index < -0.39 is 24.7 Å². The van der Waals surface area contributed by atoms with Crippen molar-refractivity contribution in [3.63, 3.8) is 0 Å². The fourth-order valence-corrected chi connectivity index (χ4v) is 3.57. The van der Waals surface area contributed by atoms with Crippen LogP contribution in [0.5, 0.6) is 0 Å².